The Bertz CT molecular complexity index is 433. The number of thiocarbonyl (C=S) groups is 1. The van der Waals surface area contributed by atoms with Gasteiger partial charge >= 0.3 is 6.09 Å². The number of amides is 1. The molecule has 0 spiro atoms. The average Bonchev–Trinajstić information content (AvgIpc) is 2.55. The Labute approximate surface area is 98.9 Å². The lowest BCUT2D eigenvalue weighted by molar-refractivity contribution is 0.123. The molecule has 0 aromatic carbocycles. The molecule has 90 valence electrons. The number of ether oxygens (including phenoxy) is 1. The van der Waals surface area contributed by atoms with Gasteiger partial charge in [-0.25, -0.2) is 18.1 Å². The molecule has 2 rings (SSSR count). The van der Waals surface area contributed by atoms with Gasteiger partial charge in [0.2, 0.25) is 0 Å². The van der Waals surface area contributed by atoms with E-state index in [0.29, 0.717) is 0 Å². The van der Waals surface area contributed by atoms with Gasteiger partial charge in [0.05, 0.1) is 30.2 Å². The molecule has 0 aromatic heterocycles. The van der Waals surface area contributed by atoms with Crippen LogP contribution in [0.5, 0.6) is 0 Å². The smallest absolute Gasteiger partial charge is 0.416 e. The molecule has 0 radical (unpaired) electrons. The molecule has 1 N–H and O–H groups in total. The van der Waals surface area contributed by atoms with Crippen molar-refractivity contribution in [3.05, 3.63) is 0 Å². The van der Waals surface area contributed by atoms with Crippen molar-refractivity contribution >= 4 is 33.3 Å². The summed E-state index contributed by atoms with van der Waals surface area (Å²) in [5.41, 5.74) is 0. The second kappa shape index (κ2) is 3.85. The molecule has 0 aromatic rings. The number of fused-ring (bicyclic) bond motifs is 1. The van der Waals surface area contributed by atoms with Gasteiger partial charge in [0, 0.05) is 0 Å². The average molecular weight is 264 g/mol. The van der Waals surface area contributed by atoms with Crippen LogP contribution in [-0.2, 0) is 14.6 Å². The number of hydrogen-bond donors (Lipinski definition) is 1. The van der Waals surface area contributed by atoms with Gasteiger partial charge in [0.15, 0.2) is 14.9 Å². The van der Waals surface area contributed by atoms with Gasteiger partial charge in [0.25, 0.3) is 0 Å². The number of hydrogen-bond acceptors (Lipinski definition) is 5. The highest BCUT2D eigenvalue weighted by Gasteiger charge is 2.49. The molecular weight excluding hydrogens is 252 g/mol. The summed E-state index contributed by atoms with van der Waals surface area (Å²) in [5.74, 6) is -0.0304. The third-order valence-corrected chi connectivity index (χ3v) is 4.68. The van der Waals surface area contributed by atoms with E-state index in [2.05, 4.69) is 5.32 Å². The van der Waals surface area contributed by atoms with Crippen LogP contribution in [0.25, 0.3) is 0 Å². The van der Waals surface area contributed by atoms with Gasteiger partial charge in [-0.1, -0.05) is 0 Å². The largest absolute Gasteiger partial charge is 0.449 e. The molecule has 0 saturated carbocycles. The van der Waals surface area contributed by atoms with E-state index in [1.165, 1.54) is 4.90 Å². The highest BCUT2D eigenvalue weighted by atomic mass is 32.2. The van der Waals surface area contributed by atoms with Crippen molar-refractivity contribution in [1.82, 2.24) is 10.2 Å². The summed E-state index contributed by atoms with van der Waals surface area (Å²) in [6.45, 7) is 1.93. The minimum atomic E-state index is -3.08. The number of sulfone groups is 1. The molecule has 8 heteroatoms. The Hall–Kier alpha value is -0.890. The second-order valence-corrected chi connectivity index (χ2v) is 6.31. The van der Waals surface area contributed by atoms with Crippen LogP contribution >= 0.6 is 12.2 Å². The minimum absolute atomic E-state index is 0.0215. The Morgan fingerprint density at radius 2 is 2.31 bits per heavy atom. The summed E-state index contributed by atoms with van der Waals surface area (Å²) >= 11 is 4.98. The van der Waals surface area contributed by atoms with Gasteiger partial charge in [-0.3, -0.25) is 0 Å². The highest BCUT2D eigenvalue weighted by molar-refractivity contribution is 7.91. The summed E-state index contributed by atoms with van der Waals surface area (Å²) in [7, 11) is -3.08. The van der Waals surface area contributed by atoms with Crippen molar-refractivity contribution in [2.24, 2.45) is 0 Å². The zero-order valence-corrected chi connectivity index (χ0v) is 10.3. The minimum Gasteiger partial charge on any atom is -0.449 e. The first kappa shape index (κ1) is 11.6. The summed E-state index contributed by atoms with van der Waals surface area (Å²) < 4.78 is 27.7. The molecule has 2 atom stereocenters. The standard InChI is InChI=1S/C8H12N2O4S2/c1-2-14-8(11)10-6-4-16(12,13)3-5(6)9-7(10)15/h5-6H,2-4H2,1H3,(H,9,15)/t5-,6+/m0/s1. The number of rotatable bonds is 1. The summed E-state index contributed by atoms with van der Waals surface area (Å²) in [6, 6.07) is -0.710. The van der Waals surface area contributed by atoms with Crippen molar-refractivity contribution in [2.75, 3.05) is 18.1 Å². The second-order valence-electron chi connectivity index (χ2n) is 3.77. The summed E-state index contributed by atoms with van der Waals surface area (Å²) in [4.78, 5) is 12.8. The highest BCUT2D eigenvalue weighted by Crippen LogP contribution is 2.24. The van der Waals surface area contributed by atoms with Crippen molar-refractivity contribution in [3.63, 3.8) is 0 Å². The molecule has 2 fully saturated rings. The predicted octanol–water partition coefficient (Wildman–Crippen LogP) is -0.501. The Morgan fingerprint density at radius 1 is 1.62 bits per heavy atom. The van der Waals surface area contributed by atoms with Gasteiger partial charge in [-0.05, 0) is 19.1 Å². The lowest BCUT2D eigenvalue weighted by Crippen LogP contribution is -2.41. The van der Waals surface area contributed by atoms with Gasteiger partial charge < -0.3 is 10.1 Å². The van der Waals surface area contributed by atoms with E-state index in [4.69, 9.17) is 17.0 Å². The number of carbonyl (C=O) groups is 1. The van der Waals surface area contributed by atoms with Crippen molar-refractivity contribution in [1.29, 1.82) is 0 Å². The van der Waals surface area contributed by atoms with Crippen LogP contribution in [0.4, 0.5) is 4.79 Å². The zero-order valence-electron chi connectivity index (χ0n) is 8.67. The summed E-state index contributed by atoms with van der Waals surface area (Å²) in [5, 5.41) is 3.09. The molecule has 1 amide bonds. The van der Waals surface area contributed by atoms with E-state index in [9.17, 15) is 13.2 Å². The Balaban J connectivity index is 2.20. The van der Waals surface area contributed by atoms with Crippen LogP contribution in [-0.4, -0.2) is 54.7 Å². The van der Waals surface area contributed by atoms with Crippen LogP contribution in [0.3, 0.4) is 0 Å². The first-order valence-electron chi connectivity index (χ1n) is 4.91. The van der Waals surface area contributed by atoms with Gasteiger partial charge in [0.1, 0.15) is 0 Å². The van der Waals surface area contributed by atoms with Gasteiger partial charge in [-0.15, -0.1) is 0 Å². The molecule has 0 aliphatic carbocycles. The molecule has 6 nitrogen and oxygen atoms in total. The van der Waals surface area contributed by atoms with Crippen molar-refractivity contribution in [2.45, 2.75) is 19.0 Å². The fraction of sp³-hybridized carbons (Fsp3) is 0.750. The molecule has 16 heavy (non-hydrogen) atoms. The fourth-order valence-corrected chi connectivity index (χ4v) is 4.26. The third kappa shape index (κ3) is 1.86. The molecule has 0 unspecified atom stereocenters. The zero-order chi connectivity index (χ0) is 11.9. The van der Waals surface area contributed by atoms with Crippen LogP contribution < -0.4 is 5.32 Å². The maximum absolute atomic E-state index is 11.6. The van der Waals surface area contributed by atoms with Crippen LogP contribution in [0.1, 0.15) is 6.92 Å². The van der Waals surface area contributed by atoms with E-state index in [1.807, 2.05) is 0 Å². The predicted molar refractivity (Wildman–Crippen MR) is 60.8 cm³/mol. The Kier molecular flexibility index (Phi) is 2.79. The third-order valence-electron chi connectivity index (χ3n) is 2.65. The fourth-order valence-electron chi connectivity index (χ4n) is 2.01. The van der Waals surface area contributed by atoms with E-state index in [-0.39, 0.29) is 29.3 Å². The van der Waals surface area contributed by atoms with Crippen LogP contribution in [0.15, 0.2) is 0 Å². The molecule has 2 aliphatic rings. The van der Waals surface area contributed by atoms with E-state index < -0.39 is 22.0 Å². The lowest BCUT2D eigenvalue weighted by atomic mass is 10.2. The topological polar surface area (TPSA) is 75.7 Å². The quantitative estimate of drug-likeness (QED) is 0.643. The normalized spacial score (nSPS) is 31.1. The van der Waals surface area contributed by atoms with Crippen molar-refractivity contribution in [3.8, 4) is 0 Å². The molecule has 2 aliphatic heterocycles. The molecule has 0 bridgehead atoms. The van der Waals surface area contributed by atoms with E-state index in [0.717, 1.165) is 0 Å². The van der Waals surface area contributed by atoms with Crippen LogP contribution in [0, 0.1) is 0 Å². The van der Waals surface area contributed by atoms with E-state index in [1.54, 1.807) is 6.92 Å². The maximum Gasteiger partial charge on any atom is 0.416 e. The molecule has 2 saturated heterocycles. The first-order valence-corrected chi connectivity index (χ1v) is 7.14. The lowest BCUT2D eigenvalue weighted by Gasteiger charge is -2.19. The SMILES string of the molecule is CCOC(=O)N1C(=S)N[C@H]2CS(=O)(=O)C[C@H]21. The number of carbonyl (C=O) groups excluding carboxylic acids is 1. The molecule has 2 heterocycles. The van der Waals surface area contributed by atoms with Crippen LogP contribution in [0.2, 0.25) is 0 Å². The van der Waals surface area contributed by atoms with Gasteiger partial charge in [-0.2, -0.15) is 0 Å². The van der Waals surface area contributed by atoms with Crippen molar-refractivity contribution < 1.29 is 17.9 Å². The number of nitrogens with zero attached hydrogens (tertiary/aromatic N) is 1. The number of nitrogens with one attached hydrogen (secondary N) is 1. The Morgan fingerprint density at radius 3 is 2.94 bits per heavy atom. The maximum atomic E-state index is 11.6. The molecular formula is C8H12N2O4S2. The monoisotopic (exact) mass is 264 g/mol. The summed E-state index contributed by atoms with van der Waals surface area (Å²) in [6.07, 6.45) is -0.579. The van der Waals surface area contributed by atoms with E-state index >= 15 is 0 Å². The first-order chi connectivity index (χ1) is 7.44.